The molecule has 0 radical (unpaired) electrons. The Morgan fingerprint density at radius 2 is 1.96 bits per heavy atom. The molecule has 6 nitrogen and oxygen atoms in total. The summed E-state index contributed by atoms with van der Waals surface area (Å²) in [4.78, 5) is 37.9. The number of hydrogen-bond acceptors (Lipinski definition) is 3. The van der Waals surface area contributed by atoms with Crippen LogP contribution in [-0.2, 0) is 14.4 Å². The first-order valence-electron chi connectivity index (χ1n) is 7.98. The number of rotatable bonds is 5. The van der Waals surface area contributed by atoms with Crippen molar-refractivity contribution in [2.24, 2.45) is 0 Å². The third-order valence-corrected chi connectivity index (χ3v) is 3.95. The zero-order valence-electron chi connectivity index (χ0n) is 13.5. The maximum Gasteiger partial charge on any atom is 0.247 e. The van der Waals surface area contributed by atoms with Gasteiger partial charge in [0.1, 0.15) is 12.1 Å². The Labute approximate surface area is 136 Å². The number of carbonyl (C=O) groups excluding carboxylic acids is 3. The van der Waals surface area contributed by atoms with Gasteiger partial charge in [0.2, 0.25) is 17.7 Å². The number of carbonyl (C=O) groups is 3. The second-order valence-electron chi connectivity index (χ2n) is 5.69. The van der Waals surface area contributed by atoms with Crippen molar-refractivity contribution in [2.45, 2.75) is 45.2 Å². The Hall–Kier alpha value is -2.37. The molecule has 1 aromatic rings. The molecule has 1 fully saturated rings. The predicted molar refractivity (Wildman–Crippen MR) is 87.7 cm³/mol. The van der Waals surface area contributed by atoms with E-state index in [1.165, 1.54) is 0 Å². The predicted octanol–water partition coefficient (Wildman–Crippen LogP) is 1.53. The summed E-state index contributed by atoms with van der Waals surface area (Å²) in [5, 5.41) is 5.49. The highest BCUT2D eigenvalue weighted by Gasteiger charge is 2.36. The van der Waals surface area contributed by atoms with E-state index in [-0.39, 0.29) is 17.7 Å². The van der Waals surface area contributed by atoms with Gasteiger partial charge < -0.3 is 15.5 Å². The summed E-state index contributed by atoms with van der Waals surface area (Å²) in [7, 11) is 0. The number of hydrogen-bond donors (Lipinski definition) is 2. The number of benzene rings is 1. The highest BCUT2D eigenvalue weighted by molar-refractivity contribution is 5.98. The van der Waals surface area contributed by atoms with Gasteiger partial charge in [-0.15, -0.1) is 0 Å². The Bertz CT molecular complexity index is 574. The Morgan fingerprint density at radius 1 is 1.26 bits per heavy atom. The van der Waals surface area contributed by atoms with Crippen LogP contribution < -0.4 is 10.6 Å². The summed E-state index contributed by atoms with van der Waals surface area (Å²) in [6.07, 6.45) is 1.75. The van der Waals surface area contributed by atoms with E-state index in [0.29, 0.717) is 25.1 Å². The molecule has 0 aromatic heterocycles. The number of anilines is 1. The van der Waals surface area contributed by atoms with Crippen LogP contribution in [0.2, 0.25) is 0 Å². The molecule has 1 aliphatic rings. The maximum atomic E-state index is 12.5. The van der Waals surface area contributed by atoms with Crippen LogP contribution in [0.4, 0.5) is 5.69 Å². The van der Waals surface area contributed by atoms with Gasteiger partial charge >= 0.3 is 0 Å². The fraction of sp³-hybridized carbons (Fsp3) is 0.471. The molecule has 2 N–H and O–H groups in total. The molecule has 0 unspecified atom stereocenters. The van der Waals surface area contributed by atoms with Gasteiger partial charge in [-0.2, -0.15) is 0 Å². The van der Waals surface area contributed by atoms with Gasteiger partial charge in [0, 0.05) is 18.7 Å². The standard InChI is InChI=1S/C17H23N3O3/c1-3-15(21)18-12(2)17(23)20-11-7-10-14(20)16(22)19-13-8-5-4-6-9-13/h4-6,8-9,12,14H,3,7,10-11H2,1-2H3,(H,18,21)(H,19,22)/t12-,14-/m0/s1. The third-order valence-electron chi connectivity index (χ3n) is 3.95. The van der Waals surface area contributed by atoms with Gasteiger partial charge in [0.25, 0.3) is 0 Å². The maximum absolute atomic E-state index is 12.5. The van der Waals surface area contributed by atoms with Crippen molar-refractivity contribution in [1.82, 2.24) is 10.2 Å². The first-order chi connectivity index (χ1) is 11.0. The Morgan fingerprint density at radius 3 is 2.61 bits per heavy atom. The second kappa shape index (κ2) is 7.76. The molecular formula is C17H23N3O3. The average Bonchev–Trinajstić information content (AvgIpc) is 3.04. The van der Waals surface area contributed by atoms with Crippen LogP contribution in [0.5, 0.6) is 0 Å². The lowest BCUT2D eigenvalue weighted by atomic mass is 10.1. The normalized spacial score (nSPS) is 18.3. The Balaban J connectivity index is 2.00. The lowest BCUT2D eigenvalue weighted by Gasteiger charge is -2.27. The van der Waals surface area contributed by atoms with Crippen LogP contribution in [0.25, 0.3) is 0 Å². The van der Waals surface area contributed by atoms with E-state index in [4.69, 9.17) is 0 Å². The van der Waals surface area contributed by atoms with Gasteiger partial charge in [-0.25, -0.2) is 0 Å². The SMILES string of the molecule is CCC(=O)N[C@@H](C)C(=O)N1CCC[C@H]1C(=O)Nc1ccccc1. The molecule has 2 atom stereocenters. The number of nitrogens with one attached hydrogen (secondary N) is 2. The van der Waals surface area contributed by atoms with Crippen molar-refractivity contribution in [1.29, 1.82) is 0 Å². The zero-order valence-corrected chi connectivity index (χ0v) is 13.5. The summed E-state index contributed by atoms with van der Waals surface area (Å²) in [5.74, 6) is -0.566. The molecule has 124 valence electrons. The molecule has 1 saturated heterocycles. The number of para-hydroxylation sites is 1. The zero-order chi connectivity index (χ0) is 16.8. The molecule has 0 spiro atoms. The topological polar surface area (TPSA) is 78.5 Å². The van der Waals surface area contributed by atoms with E-state index in [9.17, 15) is 14.4 Å². The molecule has 2 rings (SSSR count). The Kier molecular flexibility index (Phi) is 5.73. The monoisotopic (exact) mass is 317 g/mol. The number of likely N-dealkylation sites (tertiary alicyclic amines) is 1. The molecule has 0 aliphatic carbocycles. The second-order valence-corrected chi connectivity index (χ2v) is 5.69. The van der Waals surface area contributed by atoms with Crippen molar-refractivity contribution in [2.75, 3.05) is 11.9 Å². The van der Waals surface area contributed by atoms with Crippen molar-refractivity contribution in [3.05, 3.63) is 30.3 Å². The first kappa shape index (κ1) is 17.0. The van der Waals surface area contributed by atoms with Crippen molar-refractivity contribution < 1.29 is 14.4 Å². The van der Waals surface area contributed by atoms with Crippen molar-refractivity contribution >= 4 is 23.4 Å². The molecule has 1 aromatic carbocycles. The lowest BCUT2D eigenvalue weighted by molar-refractivity contribution is -0.139. The quantitative estimate of drug-likeness (QED) is 0.864. The summed E-state index contributed by atoms with van der Waals surface area (Å²) < 4.78 is 0. The van der Waals surface area contributed by atoms with E-state index < -0.39 is 12.1 Å². The molecular weight excluding hydrogens is 294 g/mol. The molecule has 1 heterocycles. The minimum absolute atomic E-state index is 0.171. The first-order valence-corrected chi connectivity index (χ1v) is 7.98. The van der Waals surface area contributed by atoms with Crippen molar-refractivity contribution in [3.8, 4) is 0 Å². The fourth-order valence-electron chi connectivity index (χ4n) is 2.70. The molecule has 0 bridgehead atoms. The van der Waals surface area contributed by atoms with Gasteiger partial charge in [-0.1, -0.05) is 25.1 Å². The number of amides is 3. The van der Waals surface area contributed by atoms with Crippen LogP contribution in [-0.4, -0.2) is 41.2 Å². The highest BCUT2D eigenvalue weighted by Crippen LogP contribution is 2.20. The van der Waals surface area contributed by atoms with Gasteiger partial charge in [0.15, 0.2) is 0 Å². The van der Waals surface area contributed by atoms with E-state index in [2.05, 4.69) is 10.6 Å². The molecule has 6 heteroatoms. The fourth-order valence-corrected chi connectivity index (χ4v) is 2.70. The van der Waals surface area contributed by atoms with E-state index in [0.717, 1.165) is 6.42 Å². The largest absolute Gasteiger partial charge is 0.345 e. The van der Waals surface area contributed by atoms with E-state index in [1.54, 1.807) is 18.7 Å². The molecule has 0 saturated carbocycles. The van der Waals surface area contributed by atoms with Crippen LogP contribution in [0.1, 0.15) is 33.1 Å². The highest BCUT2D eigenvalue weighted by atomic mass is 16.2. The summed E-state index contributed by atoms with van der Waals surface area (Å²) in [6.45, 7) is 3.93. The van der Waals surface area contributed by atoms with E-state index >= 15 is 0 Å². The van der Waals surface area contributed by atoms with Gasteiger partial charge in [0.05, 0.1) is 0 Å². The molecule has 1 aliphatic heterocycles. The molecule has 23 heavy (non-hydrogen) atoms. The van der Waals surface area contributed by atoms with Crippen LogP contribution in [0.15, 0.2) is 30.3 Å². The van der Waals surface area contributed by atoms with Gasteiger partial charge in [-0.3, -0.25) is 14.4 Å². The van der Waals surface area contributed by atoms with E-state index in [1.807, 2.05) is 30.3 Å². The van der Waals surface area contributed by atoms with Crippen LogP contribution >= 0.6 is 0 Å². The van der Waals surface area contributed by atoms with Crippen LogP contribution in [0.3, 0.4) is 0 Å². The van der Waals surface area contributed by atoms with Gasteiger partial charge in [-0.05, 0) is 31.9 Å². The lowest BCUT2D eigenvalue weighted by Crippen LogP contribution is -2.51. The number of nitrogens with zero attached hydrogens (tertiary/aromatic N) is 1. The molecule has 3 amide bonds. The van der Waals surface area contributed by atoms with Crippen molar-refractivity contribution in [3.63, 3.8) is 0 Å². The van der Waals surface area contributed by atoms with Crippen LogP contribution in [0, 0.1) is 0 Å². The smallest absolute Gasteiger partial charge is 0.247 e. The minimum Gasteiger partial charge on any atom is -0.345 e. The average molecular weight is 317 g/mol. The third kappa shape index (κ3) is 4.31. The minimum atomic E-state index is -0.618. The summed E-state index contributed by atoms with van der Waals surface area (Å²) >= 11 is 0. The summed E-state index contributed by atoms with van der Waals surface area (Å²) in [6, 6.07) is 8.08. The summed E-state index contributed by atoms with van der Waals surface area (Å²) in [5.41, 5.74) is 0.712.